The van der Waals surface area contributed by atoms with Gasteiger partial charge in [0.25, 0.3) is 0 Å². The molecule has 0 aromatic heterocycles. The first-order valence-electron chi connectivity index (χ1n) is 5.46. The van der Waals surface area contributed by atoms with Crippen LogP contribution in [0, 0.1) is 3.57 Å². The van der Waals surface area contributed by atoms with E-state index >= 15 is 0 Å². The molecule has 0 bridgehead atoms. The standard InChI is InChI=1S/C12H15ClIN/c13-10-8-9(5-6-11(10)14)12-4-2-1-3-7-15-12/h5-6,8,12,15H,1-4,7H2. The van der Waals surface area contributed by atoms with Crippen molar-refractivity contribution in [3.05, 3.63) is 32.4 Å². The SMILES string of the molecule is Clc1cc(C2CCCCCN2)ccc1I. The summed E-state index contributed by atoms with van der Waals surface area (Å²) in [5.74, 6) is 0. The molecular formula is C12H15ClIN. The number of rotatable bonds is 1. The quantitative estimate of drug-likeness (QED) is 0.760. The number of benzene rings is 1. The second-order valence-corrected chi connectivity index (χ2v) is 5.60. The van der Waals surface area contributed by atoms with Gasteiger partial charge in [0.2, 0.25) is 0 Å². The minimum Gasteiger partial charge on any atom is -0.310 e. The van der Waals surface area contributed by atoms with E-state index < -0.39 is 0 Å². The maximum atomic E-state index is 6.14. The molecule has 1 aliphatic rings. The summed E-state index contributed by atoms with van der Waals surface area (Å²) in [5, 5.41) is 4.46. The zero-order chi connectivity index (χ0) is 10.7. The molecule has 82 valence electrons. The number of hydrogen-bond acceptors (Lipinski definition) is 1. The smallest absolute Gasteiger partial charge is 0.0542 e. The lowest BCUT2D eigenvalue weighted by molar-refractivity contribution is 0.535. The Bertz CT molecular complexity index is 332. The fourth-order valence-electron chi connectivity index (χ4n) is 2.04. The van der Waals surface area contributed by atoms with E-state index in [0.717, 1.165) is 15.1 Å². The summed E-state index contributed by atoms with van der Waals surface area (Å²) < 4.78 is 1.13. The Morgan fingerprint density at radius 3 is 2.93 bits per heavy atom. The molecule has 1 heterocycles. The molecule has 1 atom stereocenters. The molecule has 0 aliphatic carbocycles. The highest BCUT2D eigenvalue weighted by atomic mass is 127. The van der Waals surface area contributed by atoms with Gasteiger partial charge in [0, 0.05) is 9.61 Å². The third kappa shape index (κ3) is 3.08. The molecule has 0 saturated carbocycles. The normalized spacial score (nSPS) is 22.4. The molecule has 0 amide bonds. The largest absolute Gasteiger partial charge is 0.310 e. The van der Waals surface area contributed by atoms with Crippen LogP contribution in [0.4, 0.5) is 0 Å². The van der Waals surface area contributed by atoms with Crippen LogP contribution >= 0.6 is 34.2 Å². The minimum absolute atomic E-state index is 0.502. The highest BCUT2D eigenvalue weighted by Gasteiger charge is 2.14. The first-order valence-corrected chi connectivity index (χ1v) is 6.91. The van der Waals surface area contributed by atoms with E-state index in [9.17, 15) is 0 Å². The lowest BCUT2D eigenvalue weighted by Crippen LogP contribution is -2.20. The Morgan fingerprint density at radius 2 is 2.13 bits per heavy atom. The highest BCUT2D eigenvalue weighted by Crippen LogP contribution is 2.27. The molecule has 1 aromatic rings. The van der Waals surface area contributed by atoms with Crippen molar-refractivity contribution in [2.24, 2.45) is 0 Å². The van der Waals surface area contributed by atoms with E-state index in [1.54, 1.807) is 0 Å². The first kappa shape index (κ1) is 11.7. The monoisotopic (exact) mass is 335 g/mol. The summed E-state index contributed by atoms with van der Waals surface area (Å²) in [5.41, 5.74) is 1.34. The maximum Gasteiger partial charge on any atom is 0.0542 e. The van der Waals surface area contributed by atoms with Crippen molar-refractivity contribution in [3.8, 4) is 0 Å². The van der Waals surface area contributed by atoms with Gasteiger partial charge in [-0.05, 0) is 59.7 Å². The third-order valence-electron chi connectivity index (χ3n) is 2.91. The van der Waals surface area contributed by atoms with Crippen molar-refractivity contribution in [2.45, 2.75) is 31.7 Å². The van der Waals surface area contributed by atoms with E-state index in [1.807, 2.05) is 0 Å². The number of nitrogens with one attached hydrogen (secondary N) is 1. The topological polar surface area (TPSA) is 12.0 Å². The summed E-state index contributed by atoms with van der Waals surface area (Å²) in [7, 11) is 0. The highest BCUT2D eigenvalue weighted by molar-refractivity contribution is 14.1. The molecule has 1 aliphatic heterocycles. The Kier molecular flexibility index (Phi) is 4.29. The van der Waals surface area contributed by atoms with E-state index in [0.29, 0.717) is 6.04 Å². The average Bonchev–Trinajstić information content (AvgIpc) is 2.50. The summed E-state index contributed by atoms with van der Waals surface area (Å²) in [6.45, 7) is 1.13. The van der Waals surface area contributed by atoms with E-state index in [4.69, 9.17) is 11.6 Å². The lowest BCUT2D eigenvalue weighted by atomic mass is 10.0. The van der Waals surface area contributed by atoms with Gasteiger partial charge in [-0.25, -0.2) is 0 Å². The van der Waals surface area contributed by atoms with E-state index in [1.165, 1.54) is 31.2 Å². The zero-order valence-corrected chi connectivity index (χ0v) is 11.5. The van der Waals surface area contributed by atoms with E-state index in [2.05, 4.69) is 46.1 Å². The molecule has 15 heavy (non-hydrogen) atoms. The molecule has 3 heteroatoms. The summed E-state index contributed by atoms with van der Waals surface area (Å²) in [4.78, 5) is 0. The molecule has 1 nitrogen and oxygen atoms in total. The van der Waals surface area contributed by atoms with Crippen molar-refractivity contribution in [1.82, 2.24) is 5.32 Å². The molecule has 0 spiro atoms. The molecule has 1 saturated heterocycles. The lowest BCUT2D eigenvalue weighted by Gasteiger charge is -2.16. The van der Waals surface area contributed by atoms with Gasteiger partial charge in [-0.15, -0.1) is 0 Å². The van der Waals surface area contributed by atoms with E-state index in [-0.39, 0.29) is 0 Å². The summed E-state index contributed by atoms with van der Waals surface area (Å²) in [6, 6.07) is 6.90. The van der Waals surface area contributed by atoms with Gasteiger partial charge in [0.05, 0.1) is 5.02 Å². The van der Waals surface area contributed by atoms with Gasteiger partial charge < -0.3 is 5.32 Å². The average molecular weight is 336 g/mol. The summed E-state index contributed by atoms with van der Waals surface area (Å²) in [6.07, 6.45) is 5.20. The molecule has 0 radical (unpaired) electrons. The van der Waals surface area contributed by atoms with Gasteiger partial charge in [-0.3, -0.25) is 0 Å². The van der Waals surface area contributed by atoms with Crippen LogP contribution < -0.4 is 5.32 Å². The zero-order valence-electron chi connectivity index (χ0n) is 8.60. The van der Waals surface area contributed by atoms with Gasteiger partial charge in [0.15, 0.2) is 0 Å². The Labute approximate surface area is 110 Å². The maximum absolute atomic E-state index is 6.14. The van der Waals surface area contributed by atoms with Crippen LogP contribution in [0.5, 0.6) is 0 Å². The molecule has 1 unspecified atom stereocenters. The van der Waals surface area contributed by atoms with Gasteiger partial charge in [0.1, 0.15) is 0 Å². The predicted octanol–water partition coefficient (Wildman–Crippen LogP) is 4.15. The van der Waals surface area contributed by atoms with Crippen LogP contribution in [0.2, 0.25) is 5.02 Å². The summed E-state index contributed by atoms with van der Waals surface area (Å²) >= 11 is 8.41. The van der Waals surface area contributed by atoms with Crippen LogP contribution in [0.1, 0.15) is 37.3 Å². The number of halogens is 2. The molecule has 1 aromatic carbocycles. The predicted molar refractivity (Wildman–Crippen MR) is 73.4 cm³/mol. The number of hydrogen-bond donors (Lipinski definition) is 1. The Balaban J connectivity index is 2.16. The van der Waals surface area contributed by atoms with Crippen LogP contribution in [0.3, 0.4) is 0 Å². The van der Waals surface area contributed by atoms with Crippen LogP contribution in [0.15, 0.2) is 18.2 Å². The molecule has 2 rings (SSSR count). The Hall–Kier alpha value is 0.200. The minimum atomic E-state index is 0.502. The van der Waals surface area contributed by atoms with Crippen LogP contribution in [-0.4, -0.2) is 6.54 Å². The van der Waals surface area contributed by atoms with Gasteiger partial charge >= 0.3 is 0 Å². The second kappa shape index (κ2) is 5.51. The molecular weight excluding hydrogens is 320 g/mol. The second-order valence-electron chi connectivity index (χ2n) is 4.03. The van der Waals surface area contributed by atoms with Crippen molar-refractivity contribution in [2.75, 3.05) is 6.54 Å². The third-order valence-corrected chi connectivity index (χ3v) is 4.48. The van der Waals surface area contributed by atoms with Crippen LogP contribution in [-0.2, 0) is 0 Å². The van der Waals surface area contributed by atoms with Gasteiger partial charge in [-0.1, -0.05) is 30.5 Å². The van der Waals surface area contributed by atoms with Crippen LogP contribution in [0.25, 0.3) is 0 Å². The Morgan fingerprint density at radius 1 is 1.27 bits per heavy atom. The molecule has 1 fully saturated rings. The van der Waals surface area contributed by atoms with Gasteiger partial charge in [-0.2, -0.15) is 0 Å². The molecule has 1 N–H and O–H groups in total. The van der Waals surface area contributed by atoms with Crippen molar-refractivity contribution in [3.63, 3.8) is 0 Å². The fourth-order valence-corrected chi connectivity index (χ4v) is 2.57. The fraction of sp³-hybridized carbons (Fsp3) is 0.500. The first-order chi connectivity index (χ1) is 7.27. The van der Waals surface area contributed by atoms with Crippen molar-refractivity contribution in [1.29, 1.82) is 0 Å². The van der Waals surface area contributed by atoms with Crippen molar-refractivity contribution < 1.29 is 0 Å². The van der Waals surface area contributed by atoms with Crippen molar-refractivity contribution >= 4 is 34.2 Å².